The molecule has 0 fully saturated rings. The van der Waals surface area contributed by atoms with Crippen LogP contribution in [0.2, 0.25) is 0 Å². The summed E-state index contributed by atoms with van der Waals surface area (Å²) in [6, 6.07) is 9.83. The van der Waals surface area contributed by atoms with Gasteiger partial charge < -0.3 is 14.3 Å². The molecule has 3 heterocycles. The number of carbonyl (C=O) groups excluding carboxylic acids is 1. The molecule has 1 aromatic carbocycles. The van der Waals surface area contributed by atoms with Crippen LogP contribution in [0.15, 0.2) is 41.0 Å². The number of furan rings is 1. The third kappa shape index (κ3) is 4.40. The van der Waals surface area contributed by atoms with E-state index >= 15 is 0 Å². The summed E-state index contributed by atoms with van der Waals surface area (Å²) >= 11 is 0. The van der Waals surface area contributed by atoms with Crippen molar-refractivity contribution in [1.29, 1.82) is 0 Å². The van der Waals surface area contributed by atoms with E-state index in [1.54, 1.807) is 12.1 Å². The van der Waals surface area contributed by atoms with Crippen molar-refractivity contribution in [2.24, 2.45) is 0 Å². The van der Waals surface area contributed by atoms with Gasteiger partial charge in [-0.3, -0.25) is 9.69 Å². The van der Waals surface area contributed by atoms with Crippen LogP contribution in [0, 0.1) is 13.8 Å². The molecular formula is C22H27N5O2. The number of hydrogen-bond donors (Lipinski definition) is 1. The zero-order chi connectivity index (χ0) is 20.4. The smallest absolute Gasteiger partial charge is 0.287 e. The van der Waals surface area contributed by atoms with Crippen molar-refractivity contribution in [2.75, 3.05) is 13.1 Å². The summed E-state index contributed by atoms with van der Waals surface area (Å²) in [7, 11) is 0. The molecule has 0 saturated carbocycles. The molecule has 1 N–H and O–H groups in total. The molecule has 1 atom stereocenters. The summed E-state index contributed by atoms with van der Waals surface area (Å²) < 4.78 is 7.32. The normalized spacial score (nSPS) is 15.6. The average molecular weight is 393 g/mol. The second-order valence-electron chi connectivity index (χ2n) is 7.82. The quantitative estimate of drug-likeness (QED) is 0.721. The Balaban J connectivity index is 1.43. The van der Waals surface area contributed by atoms with E-state index in [0.29, 0.717) is 5.76 Å². The number of rotatable bonds is 5. The highest BCUT2D eigenvalue weighted by molar-refractivity contribution is 5.91. The van der Waals surface area contributed by atoms with Crippen LogP contribution in [0.1, 0.15) is 51.9 Å². The van der Waals surface area contributed by atoms with Crippen molar-refractivity contribution in [1.82, 2.24) is 25.0 Å². The largest absolute Gasteiger partial charge is 0.459 e. The molecule has 152 valence electrons. The van der Waals surface area contributed by atoms with Crippen molar-refractivity contribution in [2.45, 2.75) is 46.3 Å². The fourth-order valence-corrected chi connectivity index (χ4v) is 4.03. The van der Waals surface area contributed by atoms with Crippen LogP contribution < -0.4 is 5.32 Å². The first kappa shape index (κ1) is 19.4. The van der Waals surface area contributed by atoms with Crippen LogP contribution in [-0.4, -0.2) is 38.7 Å². The van der Waals surface area contributed by atoms with Crippen molar-refractivity contribution < 1.29 is 9.21 Å². The predicted octanol–water partition coefficient (Wildman–Crippen LogP) is 3.04. The standard InChI is InChI=1S/C22H27N5O2/c1-15-11-16(2)13-18(12-15)14-26-7-6-20-24-25-21(27(20)9-8-26)17(3)23-22(28)19-5-4-10-29-19/h4-5,10-13,17H,6-9,14H2,1-3H3,(H,23,28). The van der Waals surface area contributed by atoms with E-state index in [0.717, 1.165) is 44.2 Å². The predicted molar refractivity (Wildman–Crippen MR) is 110 cm³/mol. The minimum atomic E-state index is -0.250. The number of fused-ring (bicyclic) bond motifs is 1. The number of aryl methyl sites for hydroxylation is 2. The molecular weight excluding hydrogens is 366 g/mol. The molecule has 2 aromatic heterocycles. The van der Waals surface area contributed by atoms with E-state index in [1.165, 1.54) is 23.0 Å². The summed E-state index contributed by atoms with van der Waals surface area (Å²) in [5.41, 5.74) is 3.95. The topological polar surface area (TPSA) is 76.2 Å². The monoisotopic (exact) mass is 393 g/mol. The first-order chi connectivity index (χ1) is 14.0. The first-order valence-electron chi connectivity index (χ1n) is 10.1. The highest BCUT2D eigenvalue weighted by Crippen LogP contribution is 2.18. The Morgan fingerprint density at radius 2 is 1.97 bits per heavy atom. The van der Waals surface area contributed by atoms with Crippen LogP contribution in [0.25, 0.3) is 0 Å². The Morgan fingerprint density at radius 3 is 2.69 bits per heavy atom. The highest BCUT2D eigenvalue weighted by atomic mass is 16.3. The van der Waals surface area contributed by atoms with E-state index in [2.05, 4.69) is 57.0 Å². The Hall–Kier alpha value is -2.93. The molecule has 0 spiro atoms. The van der Waals surface area contributed by atoms with Crippen molar-refractivity contribution in [3.05, 3.63) is 70.7 Å². The molecule has 1 aliphatic rings. The fourth-order valence-electron chi connectivity index (χ4n) is 4.03. The number of aromatic nitrogens is 3. The Kier molecular flexibility index (Phi) is 5.49. The van der Waals surface area contributed by atoms with Gasteiger partial charge in [0, 0.05) is 32.6 Å². The second kappa shape index (κ2) is 8.21. The van der Waals surface area contributed by atoms with Crippen LogP contribution >= 0.6 is 0 Å². The number of benzene rings is 1. The van der Waals surface area contributed by atoms with E-state index in [-0.39, 0.29) is 11.9 Å². The molecule has 0 bridgehead atoms. The van der Waals surface area contributed by atoms with E-state index < -0.39 is 0 Å². The first-order valence-corrected chi connectivity index (χ1v) is 10.1. The van der Waals surface area contributed by atoms with E-state index in [1.807, 2.05) is 6.92 Å². The SMILES string of the molecule is Cc1cc(C)cc(CN2CCc3nnc(C(C)NC(=O)c4ccco4)n3CC2)c1. The lowest BCUT2D eigenvalue weighted by Crippen LogP contribution is -2.30. The van der Waals surface area contributed by atoms with Crippen molar-refractivity contribution >= 4 is 5.91 Å². The lowest BCUT2D eigenvalue weighted by atomic mass is 10.1. The molecule has 4 rings (SSSR count). The zero-order valence-corrected chi connectivity index (χ0v) is 17.2. The maximum atomic E-state index is 12.3. The van der Waals surface area contributed by atoms with Gasteiger partial charge >= 0.3 is 0 Å². The minimum Gasteiger partial charge on any atom is -0.459 e. The molecule has 1 aliphatic heterocycles. The summed E-state index contributed by atoms with van der Waals surface area (Å²) in [6.07, 6.45) is 2.34. The molecule has 0 saturated heterocycles. The van der Waals surface area contributed by atoms with Crippen molar-refractivity contribution in [3.8, 4) is 0 Å². The van der Waals surface area contributed by atoms with Gasteiger partial charge in [0.25, 0.3) is 5.91 Å². The Morgan fingerprint density at radius 1 is 1.17 bits per heavy atom. The number of nitrogens with zero attached hydrogens (tertiary/aromatic N) is 4. The third-order valence-electron chi connectivity index (χ3n) is 5.32. The van der Waals surface area contributed by atoms with Gasteiger partial charge in [-0.15, -0.1) is 10.2 Å². The van der Waals surface area contributed by atoms with Gasteiger partial charge in [-0.1, -0.05) is 29.3 Å². The summed E-state index contributed by atoms with van der Waals surface area (Å²) in [5, 5.41) is 11.7. The number of nitrogens with one attached hydrogen (secondary N) is 1. The molecule has 1 amide bonds. The number of carbonyl (C=O) groups is 1. The molecule has 7 nitrogen and oxygen atoms in total. The molecule has 0 aliphatic carbocycles. The molecule has 0 radical (unpaired) electrons. The Bertz CT molecular complexity index is 973. The maximum absolute atomic E-state index is 12.3. The van der Waals surface area contributed by atoms with Gasteiger partial charge in [0.2, 0.25) is 0 Å². The Labute approximate surface area is 170 Å². The third-order valence-corrected chi connectivity index (χ3v) is 5.32. The minimum absolute atomic E-state index is 0.245. The van der Waals surface area contributed by atoms with Crippen molar-refractivity contribution in [3.63, 3.8) is 0 Å². The number of amides is 1. The second-order valence-corrected chi connectivity index (χ2v) is 7.82. The van der Waals surface area contributed by atoms with Gasteiger partial charge in [-0.2, -0.15) is 0 Å². The summed E-state index contributed by atoms with van der Waals surface area (Å²) in [6.45, 7) is 9.82. The maximum Gasteiger partial charge on any atom is 0.287 e. The zero-order valence-electron chi connectivity index (χ0n) is 17.2. The van der Waals surface area contributed by atoms with Crippen LogP contribution in [0.3, 0.4) is 0 Å². The van der Waals surface area contributed by atoms with Gasteiger partial charge in [-0.05, 0) is 38.5 Å². The fraction of sp³-hybridized carbons (Fsp3) is 0.409. The molecule has 3 aromatic rings. The van der Waals surface area contributed by atoms with E-state index in [4.69, 9.17) is 4.42 Å². The van der Waals surface area contributed by atoms with Gasteiger partial charge in [0.15, 0.2) is 11.6 Å². The van der Waals surface area contributed by atoms with E-state index in [9.17, 15) is 4.79 Å². The lowest BCUT2D eigenvalue weighted by Gasteiger charge is -2.20. The van der Waals surface area contributed by atoms with Crippen LogP contribution in [0.4, 0.5) is 0 Å². The van der Waals surface area contributed by atoms with Crippen LogP contribution in [0.5, 0.6) is 0 Å². The van der Waals surface area contributed by atoms with Gasteiger partial charge in [0.05, 0.1) is 12.3 Å². The molecule has 1 unspecified atom stereocenters. The summed E-state index contributed by atoms with van der Waals surface area (Å²) in [4.78, 5) is 14.7. The van der Waals surface area contributed by atoms with Gasteiger partial charge in [-0.25, -0.2) is 0 Å². The lowest BCUT2D eigenvalue weighted by molar-refractivity contribution is 0.0909. The van der Waals surface area contributed by atoms with Gasteiger partial charge in [0.1, 0.15) is 5.82 Å². The number of hydrogen-bond acceptors (Lipinski definition) is 5. The molecule has 7 heteroatoms. The summed E-state index contributed by atoms with van der Waals surface area (Å²) in [5.74, 6) is 1.81. The van der Waals surface area contributed by atoms with Crippen LogP contribution in [-0.2, 0) is 19.5 Å². The average Bonchev–Trinajstić information content (AvgIpc) is 3.30. The highest BCUT2D eigenvalue weighted by Gasteiger charge is 2.23. The molecule has 29 heavy (non-hydrogen) atoms.